The van der Waals surface area contributed by atoms with Crippen LogP contribution < -0.4 is 16.0 Å². The van der Waals surface area contributed by atoms with E-state index in [0.717, 1.165) is 21.2 Å². The second-order valence-corrected chi connectivity index (χ2v) is 15.7. The summed E-state index contributed by atoms with van der Waals surface area (Å²) in [6, 6.07) is 14.9. The minimum absolute atomic E-state index is 0.0316. The zero-order valence-corrected chi connectivity index (χ0v) is 30.6. The van der Waals surface area contributed by atoms with Gasteiger partial charge in [0.05, 0.1) is 5.03 Å². The van der Waals surface area contributed by atoms with E-state index >= 15 is 0 Å². The topological polar surface area (TPSA) is 129 Å². The normalized spacial score (nSPS) is 19.6. The van der Waals surface area contributed by atoms with Crippen molar-refractivity contribution in [1.29, 1.82) is 0 Å². The molecule has 12 heteroatoms. The molecule has 0 radical (unpaired) electrons. The predicted octanol–water partition coefficient (Wildman–Crippen LogP) is 7.48. The van der Waals surface area contributed by atoms with E-state index in [9.17, 15) is 19.2 Å². The number of ether oxygens (including phenoxy) is 2. The maximum Gasteiger partial charge on any atom is 0.412 e. The maximum absolute atomic E-state index is 14.0. The first-order valence-corrected chi connectivity index (χ1v) is 17.7. The highest BCUT2D eigenvalue weighted by Crippen LogP contribution is 2.44. The van der Waals surface area contributed by atoms with Crippen molar-refractivity contribution in [2.45, 2.75) is 91.0 Å². The van der Waals surface area contributed by atoms with Gasteiger partial charge in [-0.05, 0) is 84.1 Å². The molecule has 5 rings (SSSR count). The van der Waals surface area contributed by atoms with E-state index in [-0.39, 0.29) is 17.7 Å². The van der Waals surface area contributed by atoms with Crippen LogP contribution in [-0.2, 0) is 19.1 Å². The van der Waals surface area contributed by atoms with Gasteiger partial charge in [0.2, 0.25) is 5.91 Å². The molecule has 1 fully saturated rings. The Morgan fingerprint density at radius 2 is 1.52 bits per heavy atom. The number of rotatable bonds is 7. The summed E-state index contributed by atoms with van der Waals surface area (Å²) in [4.78, 5) is 57.5. The predicted molar refractivity (Wildman–Crippen MR) is 195 cm³/mol. The van der Waals surface area contributed by atoms with Crippen LogP contribution in [-0.4, -0.2) is 57.6 Å². The number of fused-ring (bicyclic) bond motifs is 1. The van der Waals surface area contributed by atoms with Gasteiger partial charge < -0.3 is 29.9 Å². The first kappa shape index (κ1) is 36.6. The molecule has 50 heavy (non-hydrogen) atoms. The fourth-order valence-electron chi connectivity index (χ4n) is 5.79. The van der Waals surface area contributed by atoms with Gasteiger partial charge in [-0.1, -0.05) is 67.2 Å². The molecule has 4 amide bonds. The number of carbonyl (C=O) groups excluding carboxylic acids is 4. The fraction of sp³-hybridized carbons (Fsp3) is 0.421. The number of likely N-dealkylation sites (tertiary alicyclic amines) is 1. The molecule has 0 aliphatic carbocycles. The second-order valence-electron chi connectivity index (χ2n) is 14.6. The molecule has 0 saturated carbocycles. The molecule has 11 nitrogen and oxygen atoms in total. The SMILES string of the molecule is CC1CC=C2SC(c3ccc(NC(=O)OC(C)(C)C)cc3)=CN2C=C1NC(=O)C1CCCN1C(=O)C(NC(=O)OC(C)(C)C)c1ccccc1. The van der Waals surface area contributed by atoms with Crippen LogP contribution in [0.4, 0.5) is 15.3 Å². The molecule has 3 heterocycles. The van der Waals surface area contributed by atoms with Crippen LogP contribution in [0, 0.1) is 5.92 Å². The van der Waals surface area contributed by atoms with E-state index < -0.39 is 35.5 Å². The van der Waals surface area contributed by atoms with Crippen LogP contribution in [0.15, 0.2) is 83.8 Å². The lowest BCUT2D eigenvalue weighted by atomic mass is 10.0. The Morgan fingerprint density at radius 3 is 2.18 bits per heavy atom. The number of nitrogens with zero attached hydrogens (tertiary/aromatic N) is 2. The molecule has 2 aromatic rings. The molecule has 0 bridgehead atoms. The molecule has 3 aliphatic rings. The highest BCUT2D eigenvalue weighted by molar-refractivity contribution is 8.12. The Labute approximate surface area is 298 Å². The minimum Gasteiger partial charge on any atom is -0.444 e. The average Bonchev–Trinajstić information content (AvgIpc) is 3.66. The largest absolute Gasteiger partial charge is 0.444 e. The van der Waals surface area contributed by atoms with Crippen molar-refractivity contribution in [3.05, 3.63) is 94.9 Å². The number of carbonyl (C=O) groups is 4. The number of anilines is 1. The number of benzene rings is 2. The van der Waals surface area contributed by atoms with Crippen LogP contribution in [0.5, 0.6) is 0 Å². The molecule has 0 spiro atoms. The molecular formula is C38H47N5O6S. The molecule has 3 N–H and O–H groups in total. The first-order valence-electron chi connectivity index (χ1n) is 16.9. The van der Waals surface area contributed by atoms with Crippen LogP contribution in [0.2, 0.25) is 0 Å². The summed E-state index contributed by atoms with van der Waals surface area (Å²) >= 11 is 1.63. The Morgan fingerprint density at radius 1 is 0.860 bits per heavy atom. The van der Waals surface area contributed by atoms with Crippen LogP contribution >= 0.6 is 11.8 Å². The molecule has 0 aromatic heterocycles. The number of thioether (sulfide) groups is 1. The number of allylic oxidation sites excluding steroid dienone is 2. The average molecular weight is 702 g/mol. The van der Waals surface area contributed by atoms with Crippen molar-refractivity contribution in [3.8, 4) is 0 Å². The van der Waals surface area contributed by atoms with Gasteiger partial charge in [0.15, 0.2) is 0 Å². The van der Waals surface area contributed by atoms with Gasteiger partial charge in [-0.2, -0.15) is 0 Å². The monoisotopic (exact) mass is 701 g/mol. The lowest BCUT2D eigenvalue weighted by Gasteiger charge is -2.30. The zero-order chi connectivity index (χ0) is 36.2. The standard InChI is InChI=1S/C38H47N5O6S/c1-24-15-20-31-42(23-30(50-31)25-16-18-27(19-17-25)39-35(46)48-37(2,3)4)22-28(24)40-33(44)29-14-11-21-43(29)34(45)32(26-12-9-8-10-13-26)41-36(47)49-38(5,6)7/h8-10,12-13,16-20,22-24,29,32H,11,14-15,21H2,1-7H3,(H,39,46)(H,40,44)(H,41,47). The number of nitrogens with one attached hydrogen (secondary N) is 3. The van der Waals surface area contributed by atoms with E-state index in [1.165, 1.54) is 0 Å². The quantitative estimate of drug-likeness (QED) is 0.271. The smallest absolute Gasteiger partial charge is 0.412 e. The lowest BCUT2D eigenvalue weighted by Crippen LogP contribution is -2.50. The van der Waals surface area contributed by atoms with Gasteiger partial charge in [-0.3, -0.25) is 14.9 Å². The zero-order valence-electron chi connectivity index (χ0n) is 29.7. The van der Waals surface area contributed by atoms with Crippen LogP contribution in [0.25, 0.3) is 4.91 Å². The fourth-order valence-corrected chi connectivity index (χ4v) is 6.83. The summed E-state index contributed by atoms with van der Waals surface area (Å²) in [5.41, 5.74) is 1.65. The van der Waals surface area contributed by atoms with Crippen molar-refractivity contribution < 1.29 is 28.7 Å². The molecular weight excluding hydrogens is 655 g/mol. The third kappa shape index (κ3) is 9.50. The molecule has 3 aliphatic heterocycles. The highest BCUT2D eigenvalue weighted by atomic mass is 32.2. The third-order valence-electron chi connectivity index (χ3n) is 8.14. The summed E-state index contributed by atoms with van der Waals surface area (Å²) < 4.78 is 10.8. The second kappa shape index (κ2) is 15.0. The van der Waals surface area contributed by atoms with Crippen molar-refractivity contribution in [1.82, 2.24) is 20.4 Å². The minimum atomic E-state index is -1.01. The van der Waals surface area contributed by atoms with Gasteiger partial charge in [-0.15, -0.1) is 0 Å². The third-order valence-corrected chi connectivity index (χ3v) is 9.29. The molecule has 3 atom stereocenters. The Balaban J connectivity index is 1.28. The number of hydrogen-bond donors (Lipinski definition) is 3. The van der Waals surface area contributed by atoms with Crippen LogP contribution in [0.3, 0.4) is 0 Å². The highest BCUT2D eigenvalue weighted by Gasteiger charge is 2.39. The van der Waals surface area contributed by atoms with Gasteiger partial charge >= 0.3 is 12.2 Å². The van der Waals surface area contributed by atoms with Crippen LogP contribution in [0.1, 0.15) is 84.9 Å². The molecule has 2 aromatic carbocycles. The Kier molecular flexibility index (Phi) is 11.0. The van der Waals surface area contributed by atoms with E-state index in [4.69, 9.17) is 9.47 Å². The molecule has 1 saturated heterocycles. The summed E-state index contributed by atoms with van der Waals surface area (Å²) in [7, 11) is 0. The first-order chi connectivity index (χ1) is 23.6. The van der Waals surface area contributed by atoms with Crippen molar-refractivity contribution >= 4 is 46.4 Å². The maximum atomic E-state index is 14.0. The van der Waals surface area contributed by atoms with E-state index in [1.807, 2.05) is 68.4 Å². The van der Waals surface area contributed by atoms with Gasteiger partial charge in [0.1, 0.15) is 23.3 Å². The Hall–Kier alpha value is -4.71. The van der Waals surface area contributed by atoms with Gasteiger partial charge in [0.25, 0.3) is 5.91 Å². The molecule has 266 valence electrons. The van der Waals surface area contributed by atoms with Gasteiger partial charge in [0, 0.05) is 41.2 Å². The Bertz CT molecular complexity index is 1690. The van der Waals surface area contributed by atoms with Crippen molar-refractivity contribution in [3.63, 3.8) is 0 Å². The van der Waals surface area contributed by atoms with E-state index in [1.54, 1.807) is 61.7 Å². The summed E-state index contributed by atoms with van der Waals surface area (Å²) in [6.07, 6.45) is 6.81. The number of alkyl carbamates (subject to hydrolysis) is 1. The van der Waals surface area contributed by atoms with Crippen molar-refractivity contribution in [2.75, 3.05) is 11.9 Å². The van der Waals surface area contributed by atoms with E-state index in [2.05, 4.69) is 29.0 Å². The van der Waals surface area contributed by atoms with E-state index in [0.29, 0.717) is 37.1 Å². The molecule has 3 unspecified atom stereocenters. The lowest BCUT2D eigenvalue weighted by molar-refractivity contribution is -0.140. The summed E-state index contributed by atoms with van der Waals surface area (Å²) in [6.45, 7) is 13.2. The number of amides is 4. The number of hydrogen-bond acceptors (Lipinski definition) is 8. The summed E-state index contributed by atoms with van der Waals surface area (Å²) in [5.74, 6) is -0.586. The van der Waals surface area contributed by atoms with Crippen molar-refractivity contribution in [2.24, 2.45) is 5.92 Å². The van der Waals surface area contributed by atoms with Gasteiger partial charge in [-0.25, -0.2) is 9.59 Å². The summed E-state index contributed by atoms with van der Waals surface area (Å²) in [5, 5.41) is 9.68.